The molecule has 0 aliphatic carbocycles. The molecule has 3 aliphatic heterocycles. The van der Waals surface area contributed by atoms with Crippen molar-refractivity contribution >= 4 is 23.2 Å². The number of carbonyl (C=O) groups is 2. The van der Waals surface area contributed by atoms with Crippen LogP contribution in [0.5, 0.6) is 0 Å². The second-order valence-corrected chi connectivity index (χ2v) is 12.3. The first-order valence-electron chi connectivity index (χ1n) is 15.9. The minimum atomic E-state index is -1.13. The molecule has 4 aromatic rings. The lowest BCUT2D eigenvalue weighted by Crippen LogP contribution is -2.48. The second-order valence-electron chi connectivity index (χ2n) is 12.3. The Balaban J connectivity index is 1.21. The molecule has 3 aliphatic rings. The van der Waals surface area contributed by atoms with Crippen molar-refractivity contribution in [1.82, 2.24) is 4.90 Å². The number of amides is 2. The highest BCUT2D eigenvalue weighted by molar-refractivity contribution is 6.10. The summed E-state index contributed by atoms with van der Waals surface area (Å²) >= 11 is 0. The Labute approximate surface area is 277 Å². The zero-order valence-corrected chi connectivity index (χ0v) is 26.1. The van der Waals surface area contributed by atoms with Crippen LogP contribution >= 0.6 is 0 Å². The number of rotatable bonds is 11. The summed E-state index contributed by atoms with van der Waals surface area (Å²) in [5.41, 5.74) is 1.84. The van der Waals surface area contributed by atoms with E-state index in [9.17, 15) is 19.7 Å². The number of ether oxygens (including phenoxy) is 4. The maximum atomic E-state index is 14.0. The first-order chi connectivity index (χ1) is 23.4. The van der Waals surface area contributed by atoms with Gasteiger partial charge in [-0.3, -0.25) is 19.7 Å². The third-order valence-corrected chi connectivity index (χ3v) is 9.14. The molecule has 0 aromatic heterocycles. The smallest absolute Gasteiger partial charge is 0.270 e. The monoisotopic (exact) mass is 649 g/mol. The van der Waals surface area contributed by atoms with Crippen molar-refractivity contribution < 1.29 is 33.5 Å². The quantitative estimate of drug-likeness (QED) is 0.172. The summed E-state index contributed by atoms with van der Waals surface area (Å²) in [5, 5.41) is 14.4. The molecule has 2 amide bonds. The number of fused-ring (bicyclic) bond motifs is 2. The molecule has 7 rings (SSSR count). The van der Waals surface area contributed by atoms with Gasteiger partial charge >= 0.3 is 0 Å². The first kappa shape index (κ1) is 31.6. The van der Waals surface area contributed by atoms with E-state index >= 15 is 0 Å². The van der Waals surface area contributed by atoms with Gasteiger partial charge in [0.25, 0.3) is 11.6 Å². The molecule has 0 bridgehead atoms. The number of nitro benzene ring substituents is 1. The predicted molar refractivity (Wildman–Crippen MR) is 175 cm³/mol. The highest BCUT2D eigenvalue weighted by Gasteiger charge is 2.63. The van der Waals surface area contributed by atoms with Gasteiger partial charge in [-0.2, -0.15) is 0 Å². The summed E-state index contributed by atoms with van der Waals surface area (Å²) in [6, 6.07) is 32.3. The van der Waals surface area contributed by atoms with Crippen molar-refractivity contribution in [1.29, 1.82) is 0 Å². The number of anilines is 1. The van der Waals surface area contributed by atoms with Crippen LogP contribution in [0.15, 0.2) is 109 Å². The first-order valence-corrected chi connectivity index (χ1v) is 15.9. The molecule has 3 heterocycles. The van der Waals surface area contributed by atoms with Gasteiger partial charge in [0.1, 0.15) is 30.0 Å². The molecule has 0 radical (unpaired) electrons. The van der Waals surface area contributed by atoms with E-state index < -0.39 is 46.7 Å². The van der Waals surface area contributed by atoms with E-state index in [1.54, 1.807) is 0 Å². The molecule has 0 saturated carbocycles. The Kier molecular flexibility index (Phi) is 9.00. The second kappa shape index (κ2) is 13.7. The van der Waals surface area contributed by atoms with E-state index in [0.717, 1.165) is 16.7 Å². The Hall–Kier alpha value is -4.94. The van der Waals surface area contributed by atoms with Gasteiger partial charge in [0.15, 0.2) is 0 Å². The molecule has 1 spiro atoms. The SMILES string of the molecule is O=C1Nc2ccc([N+](=O)[O-])cc2C(=O)N2C[C@@]3(C[C@@H]12)O[C@@H](COCc1ccccc1)[C@H](OCc1ccccc1)[C@H]3OCc1ccccc1. The molecule has 48 heavy (non-hydrogen) atoms. The summed E-state index contributed by atoms with van der Waals surface area (Å²) in [5.74, 6) is -0.895. The summed E-state index contributed by atoms with van der Waals surface area (Å²) in [6.45, 7) is 1.10. The Morgan fingerprint density at radius 3 is 2.06 bits per heavy atom. The van der Waals surface area contributed by atoms with E-state index in [-0.39, 0.29) is 49.7 Å². The third-order valence-electron chi connectivity index (χ3n) is 9.14. The summed E-state index contributed by atoms with van der Waals surface area (Å²) in [4.78, 5) is 40.1. The average molecular weight is 650 g/mol. The fraction of sp³-hybridized carbons (Fsp3) is 0.297. The van der Waals surface area contributed by atoms with Gasteiger partial charge in [-0.1, -0.05) is 91.0 Å². The van der Waals surface area contributed by atoms with Crippen LogP contribution in [0.4, 0.5) is 11.4 Å². The zero-order valence-electron chi connectivity index (χ0n) is 26.1. The maximum Gasteiger partial charge on any atom is 0.270 e. The van der Waals surface area contributed by atoms with E-state index in [0.29, 0.717) is 6.61 Å². The number of nitrogens with one attached hydrogen (secondary N) is 1. The largest absolute Gasteiger partial charge is 0.374 e. The minimum absolute atomic E-state index is 0.0197. The van der Waals surface area contributed by atoms with Crippen molar-refractivity contribution in [3.05, 3.63) is 142 Å². The lowest BCUT2D eigenvalue weighted by Gasteiger charge is -2.32. The number of benzene rings is 4. The van der Waals surface area contributed by atoms with Crippen molar-refractivity contribution in [2.75, 3.05) is 18.5 Å². The highest BCUT2D eigenvalue weighted by Crippen LogP contribution is 2.46. The highest BCUT2D eigenvalue weighted by atomic mass is 16.6. The van der Waals surface area contributed by atoms with Crippen molar-refractivity contribution in [3.63, 3.8) is 0 Å². The van der Waals surface area contributed by atoms with Gasteiger partial charge in [-0.05, 0) is 22.8 Å². The van der Waals surface area contributed by atoms with E-state index in [4.69, 9.17) is 18.9 Å². The van der Waals surface area contributed by atoms with Crippen molar-refractivity contribution in [3.8, 4) is 0 Å². The fourth-order valence-electron chi connectivity index (χ4n) is 6.84. The van der Waals surface area contributed by atoms with Crippen LogP contribution in [0.2, 0.25) is 0 Å². The van der Waals surface area contributed by atoms with E-state index in [1.807, 2.05) is 91.0 Å². The Morgan fingerprint density at radius 2 is 1.44 bits per heavy atom. The topological polar surface area (TPSA) is 129 Å². The number of carbonyl (C=O) groups excluding carboxylic acids is 2. The van der Waals surface area contributed by atoms with Gasteiger partial charge < -0.3 is 29.2 Å². The summed E-state index contributed by atoms with van der Waals surface area (Å²) in [6.07, 6.45) is -1.75. The van der Waals surface area contributed by atoms with Gasteiger partial charge in [0.05, 0.1) is 49.1 Å². The molecule has 4 aromatic carbocycles. The molecule has 5 atom stereocenters. The molecule has 246 valence electrons. The van der Waals surface area contributed by atoms with Gasteiger partial charge in [0.2, 0.25) is 5.91 Å². The van der Waals surface area contributed by atoms with E-state index in [1.165, 1.54) is 23.1 Å². The van der Waals surface area contributed by atoms with Gasteiger partial charge in [0, 0.05) is 18.6 Å². The van der Waals surface area contributed by atoms with Gasteiger partial charge in [-0.15, -0.1) is 0 Å². The Morgan fingerprint density at radius 1 is 0.833 bits per heavy atom. The number of non-ortho nitro benzene ring substituents is 1. The van der Waals surface area contributed by atoms with Crippen LogP contribution in [0.25, 0.3) is 0 Å². The van der Waals surface area contributed by atoms with Crippen LogP contribution in [0.3, 0.4) is 0 Å². The maximum absolute atomic E-state index is 14.0. The van der Waals surface area contributed by atoms with Crippen LogP contribution in [0, 0.1) is 10.1 Å². The standard InChI is InChI=1S/C37H35N3O8/c41-35-31-19-37(24-39(31)36(42)29-18-28(40(43)44)16-17-30(29)38-35)34(47-22-27-14-8-3-9-15-27)33(46-21-26-12-6-2-7-13-26)32(48-37)23-45-20-25-10-4-1-5-11-25/h1-18,31-34H,19-24H2,(H,38,41)/t31-,32-,33-,34+,37+/m0/s1. The van der Waals surface area contributed by atoms with Crippen molar-refractivity contribution in [2.45, 2.75) is 56.2 Å². The normalized spacial score (nSPS) is 24.6. The molecular formula is C37H35N3O8. The minimum Gasteiger partial charge on any atom is -0.374 e. The average Bonchev–Trinajstić information content (AvgIpc) is 3.61. The lowest BCUT2D eigenvalue weighted by atomic mass is 9.91. The van der Waals surface area contributed by atoms with Crippen LogP contribution in [0.1, 0.15) is 33.5 Å². The Bertz CT molecular complexity index is 1770. The molecule has 1 N–H and O–H groups in total. The lowest BCUT2D eigenvalue weighted by molar-refractivity contribution is -0.384. The summed E-state index contributed by atoms with van der Waals surface area (Å²) in [7, 11) is 0. The summed E-state index contributed by atoms with van der Waals surface area (Å²) < 4.78 is 26.4. The number of nitro groups is 1. The van der Waals surface area contributed by atoms with Crippen molar-refractivity contribution in [2.24, 2.45) is 0 Å². The van der Waals surface area contributed by atoms with Gasteiger partial charge in [-0.25, -0.2) is 0 Å². The van der Waals surface area contributed by atoms with Crippen LogP contribution in [-0.2, 0) is 43.6 Å². The molecule has 2 saturated heterocycles. The molecule has 0 unspecified atom stereocenters. The number of hydrogen-bond acceptors (Lipinski definition) is 8. The predicted octanol–water partition coefficient (Wildman–Crippen LogP) is 5.29. The number of hydrogen-bond donors (Lipinski definition) is 1. The molecule has 11 nitrogen and oxygen atoms in total. The molecular weight excluding hydrogens is 614 g/mol. The van der Waals surface area contributed by atoms with Crippen LogP contribution in [-0.4, -0.2) is 64.7 Å². The fourth-order valence-corrected chi connectivity index (χ4v) is 6.84. The van der Waals surface area contributed by atoms with Crippen LogP contribution < -0.4 is 5.32 Å². The molecule has 11 heteroatoms. The molecule has 2 fully saturated rings. The third kappa shape index (κ3) is 6.45. The number of nitrogens with zero attached hydrogens (tertiary/aromatic N) is 2. The zero-order chi connectivity index (χ0) is 33.1. The van der Waals surface area contributed by atoms with E-state index in [2.05, 4.69) is 5.32 Å².